The number of halogens is 2. The van der Waals surface area contributed by atoms with Crippen LogP contribution in [0, 0.1) is 6.92 Å². The van der Waals surface area contributed by atoms with Crippen molar-refractivity contribution >= 4 is 50.7 Å². The molecule has 0 bridgehead atoms. The molecule has 254 valence electrons. The summed E-state index contributed by atoms with van der Waals surface area (Å²) in [5.74, 6) is -0.393. The number of nitrogens with one attached hydrogen (secondary N) is 1. The first-order valence-corrected chi connectivity index (χ1v) is 18.0. The van der Waals surface area contributed by atoms with Gasteiger partial charge in [0.1, 0.15) is 18.3 Å². The van der Waals surface area contributed by atoms with Crippen molar-refractivity contribution in [3.05, 3.63) is 124 Å². The largest absolute Gasteiger partial charge is 0.494 e. The number of aryl methyl sites for hydroxylation is 1. The van der Waals surface area contributed by atoms with Gasteiger partial charge in [0.05, 0.1) is 17.2 Å². The van der Waals surface area contributed by atoms with E-state index in [2.05, 4.69) is 5.32 Å². The second-order valence-electron chi connectivity index (χ2n) is 11.5. The Morgan fingerprint density at radius 1 is 0.896 bits per heavy atom. The molecule has 0 heterocycles. The van der Waals surface area contributed by atoms with E-state index in [-0.39, 0.29) is 35.5 Å². The van der Waals surface area contributed by atoms with E-state index in [4.69, 9.17) is 27.9 Å². The second kappa shape index (κ2) is 16.9. The summed E-state index contributed by atoms with van der Waals surface area (Å²) in [4.78, 5) is 30.1. The van der Waals surface area contributed by atoms with E-state index in [1.807, 2.05) is 58.0 Å². The van der Waals surface area contributed by atoms with E-state index in [1.54, 1.807) is 54.6 Å². The molecule has 0 aliphatic rings. The SMILES string of the molecule is CCOc1ccc(N(CC(=O)N(Cc2ccc(Cl)cc2Cl)[C@@H](Cc2ccccc2)C(=O)N[C@H](C)CC)S(=O)(=O)c2ccc(C)cc2)cc1. The van der Waals surface area contributed by atoms with Crippen LogP contribution in [0.1, 0.15) is 43.9 Å². The number of amides is 2. The Hall–Kier alpha value is -4.05. The second-order valence-corrected chi connectivity index (χ2v) is 14.2. The fraction of sp³-hybridized carbons (Fsp3) is 0.297. The third kappa shape index (κ3) is 9.52. The van der Waals surface area contributed by atoms with Gasteiger partial charge in [-0.1, -0.05) is 84.2 Å². The van der Waals surface area contributed by atoms with Crippen molar-refractivity contribution in [2.75, 3.05) is 17.5 Å². The summed E-state index contributed by atoms with van der Waals surface area (Å²) < 4.78 is 35.1. The lowest BCUT2D eigenvalue weighted by atomic mass is 10.0. The molecule has 4 aromatic carbocycles. The highest BCUT2D eigenvalue weighted by Crippen LogP contribution is 2.28. The summed E-state index contributed by atoms with van der Waals surface area (Å²) in [7, 11) is -4.24. The molecule has 4 rings (SSSR count). The lowest BCUT2D eigenvalue weighted by molar-refractivity contribution is -0.140. The monoisotopic (exact) mass is 709 g/mol. The molecule has 0 aliphatic carbocycles. The van der Waals surface area contributed by atoms with Gasteiger partial charge < -0.3 is 15.0 Å². The van der Waals surface area contributed by atoms with E-state index in [0.717, 1.165) is 15.4 Å². The standard InChI is InChI=1S/C37H41Cl2N3O5S/c1-5-27(4)40-37(44)35(22-28-10-8-7-9-11-28)41(24-29-14-15-30(38)23-34(29)39)36(43)25-42(31-16-18-32(19-17-31)47-6-2)48(45,46)33-20-12-26(3)13-21-33/h7-21,23,27,35H,5-6,22,24-25H2,1-4H3,(H,40,44)/t27-,35+/m1/s1. The highest BCUT2D eigenvalue weighted by molar-refractivity contribution is 7.92. The van der Waals surface area contributed by atoms with E-state index in [1.165, 1.54) is 17.0 Å². The number of anilines is 1. The highest BCUT2D eigenvalue weighted by Gasteiger charge is 2.35. The maximum Gasteiger partial charge on any atom is 0.264 e. The maximum absolute atomic E-state index is 14.6. The van der Waals surface area contributed by atoms with Gasteiger partial charge in [0, 0.05) is 29.1 Å². The van der Waals surface area contributed by atoms with Crippen molar-refractivity contribution in [2.45, 2.75) is 64.1 Å². The number of hydrogen-bond acceptors (Lipinski definition) is 5. The summed E-state index contributed by atoms with van der Waals surface area (Å²) in [6.45, 7) is 7.35. The third-order valence-corrected chi connectivity index (χ3v) is 10.3. The number of carbonyl (C=O) groups excluding carboxylic acids is 2. The zero-order valence-corrected chi connectivity index (χ0v) is 29.9. The molecule has 11 heteroatoms. The third-order valence-electron chi connectivity index (χ3n) is 7.95. The van der Waals surface area contributed by atoms with E-state index in [9.17, 15) is 18.0 Å². The number of hydrogen-bond donors (Lipinski definition) is 1. The van der Waals surface area contributed by atoms with Crippen molar-refractivity contribution in [1.29, 1.82) is 0 Å². The predicted octanol–water partition coefficient (Wildman–Crippen LogP) is 7.45. The Balaban J connectivity index is 1.83. The molecule has 0 radical (unpaired) electrons. The van der Waals surface area contributed by atoms with Crippen LogP contribution in [0.5, 0.6) is 5.75 Å². The van der Waals surface area contributed by atoms with Crippen LogP contribution < -0.4 is 14.4 Å². The van der Waals surface area contributed by atoms with E-state index < -0.39 is 28.5 Å². The first-order valence-electron chi connectivity index (χ1n) is 15.8. The van der Waals surface area contributed by atoms with Gasteiger partial charge >= 0.3 is 0 Å². The minimum Gasteiger partial charge on any atom is -0.494 e. The quantitative estimate of drug-likeness (QED) is 0.138. The topological polar surface area (TPSA) is 96.0 Å². The van der Waals surface area contributed by atoms with Crippen LogP contribution in [0.2, 0.25) is 10.0 Å². The molecule has 0 fully saturated rings. The van der Waals surface area contributed by atoms with E-state index in [0.29, 0.717) is 34.4 Å². The summed E-state index contributed by atoms with van der Waals surface area (Å²) in [5, 5.41) is 3.76. The summed E-state index contributed by atoms with van der Waals surface area (Å²) >= 11 is 12.8. The molecule has 1 N–H and O–H groups in total. The molecule has 0 saturated carbocycles. The predicted molar refractivity (Wildman–Crippen MR) is 192 cm³/mol. The molecule has 0 saturated heterocycles. The van der Waals surface area contributed by atoms with Crippen molar-refractivity contribution in [2.24, 2.45) is 0 Å². The molecule has 48 heavy (non-hydrogen) atoms. The van der Waals surface area contributed by atoms with Gasteiger partial charge in [-0.05, 0) is 86.8 Å². The number of benzene rings is 4. The van der Waals surface area contributed by atoms with Gasteiger partial charge in [-0.2, -0.15) is 0 Å². The normalized spacial score (nSPS) is 12.5. The smallest absolute Gasteiger partial charge is 0.264 e. The maximum atomic E-state index is 14.6. The summed E-state index contributed by atoms with van der Waals surface area (Å²) in [6, 6.07) is 26.1. The fourth-order valence-corrected chi connectivity index (χ4v) is 6.95. The molecular formula is C37H41Cl2N3O5S. The molecule has 0 aromatic heterocycles. The Morgan fingerprint density at radius 3 is 2.17 bits per heavy atom. The Bertz CT molecular complexity index is 1790. The average Bonchev–Trinajstić information content (AvgIpc) is 3.07. The molecular weight excluding hydrogens is 669 g/mol. The lowest BCUT2D eigenvalue weighted by Crippen LogP contribution is -2.54. The molecule has 0 aliphatic heterocycles. The first kappa shape index (κ1) is 36.8. The number of rotatable bonds is 15. The molecule has 8 nitrogen and oxygen atoms in total. The van der Waals surface area contributed by atoms with Crippen LogP contribution in [-0.2, 0) is 32.6 Å². The first-order chi connectivity index (χ1) is 22.9. The van der Waals surface area contributed by atoms with Crippen molar-refractivity contribution in [3.63, 3.8) is 0 Å². The zero-order valence-electron chi connectivity index (χ0n) is 27.5. The summed E-state index contributed by atoms with van der Waals surface area (Å²) in [5.41, 5.74) is 2.54. The number of nitrogens with zero attached hydrogens (tertiary/aromatic N) is 2. The molecule has 4 aromatic rings. The van der Waals surface area contributed by atoms with Crippen LogP contribution in [0.3, 0.4) is 0 Å². The number of sulfonamides is 1. The van der Waals surface area contributed by atoms with Crippen molar-refractivity contribution in [1.82, 2.24) is 10.2 Å². The lowest BCUT2D eigenvalue weighted by Gasteiger charge is -2.34. The fourth-order valence-electron chi connectivity index (χ4n) is 5.07. The van der Waals surface area contributed by atoms with Crippen LogP contribution in [0.4, 0.5) is 5.69 Å². The number of carbonyl (C=O) groups is 2. The molecule has 0 spiro atoms. The Kier molecular flexibility index (Phi) is 12.9. The molecule has 2 amide bonds. The van der Waals surface area contributed by atoms with Crippen LogP contribution in [0.15, 0.2) is 102 Å². The average molecular weight is 711 g/mol. The highest BCUT2D eigenvalue weighted by atomic mass is 35.5. The van der Waals surface area contributed by atoms with Gasteiger partial charge in [0.2, 0.25) is 11.8 Å². The molecule has 0 unspecified atom stereocenters. The van der Waals surface area contributed by atoms with E-state index >= 15 is 0 Å². The van der Waals surface area contributed by atoms with Crippen molar-refractivity contribution < 1.29 is 22.7 Å². The summed E-state index contributed by atoms with van der Waals surface area (Å²) in [6.07, 6.45) is 0.870. The Morgan fingerprint density at radius 2 is 1.56 bits per heavy atom. The zero-order chi connectivity index (χ0) is 34.8. The van der Waals surface area contributed by atoms with Gasteiger partial charge in [-0.3, -0.25) is 13.9 Å². The van der Waals surface area contributed by atoms with Gasteiger partial charge in [-0.15, -0.1) is 0 Å². The van der Waals surface area contributed by atoms with Crippen LogP contribution in [0.25, 0.3) is 0 Å². The molecule has 2 atom stereocenters. The minimum atomic E-state index is -4.24. The minimum absolute atomic E-state index is 0.0254. The van der Waals surface area contributed by atoms with Crippen molar-refractivity contribution in [3.8, 4) is 5.75 Å². The van der Waals surface area contributed by atoms with Gasteiger partial charge in [-0.25, -0.2) is 8.42 Å². The van der Waals surface area contributed by atoms with Crippen LogP contribution in [-0.4, -0.2) is 50.4 Å². The number of ether oxygens (including phenoxy) is 1. The Labute approximate surface area is 293 Å². The van der Waals surface area contributed by atoms with Gasteiger partial charge in [0.25, 0.3) is 10.0 Å². The van der Waals surface area contributed by atoms with Gasteiger partial charge in [0.15, 0.2) is 0 Å². The van der Waals surface area contributed by atoms with Crippen LogP contribution >= 0.6 is 23.2 Å².